The van der Waals surface area contributed by atoms with Crippen molar-refractivity contribution in [1.82, 2.24) is 25.1 Å². The van der Waals surface area contributed by atoms with Crippen LogP contribution in [-0.2, 0) is 25.7 Å². The number of ketones is 1. The Hall–Kier alpha value is -4.89. The van der Waals surface area contributed by atoms with Gasteiger partial charge in [-0.05, 0) is 92.3 Å². The van der Waals surface area contributed by atoms with Crippen LogP contribution in [0.4, 0.5) is 21.6 Å². The minimum Gasteiger partial charge on any atom is -0.493 e. The van der Waals surface area contributed by atoms with Crippen LogP contribution >= 0.6 is 23.2 Å². The van der Waals surface area contributed by atoms with Crippen molar-refractivity contribution in [2.45, 2.75) is 88.2 Å². The van der Waals surface area contributed by atoms with E-state index in [1.165, 1.54) is 18.5 Å². The first kappa shape index (κ1) is 39.6. The number of hydrogen-bond donors (Lipinski definition) is 2. The lowest BCUT2D eigenvalue weighted by Gasteiger charge is -2.53. The molecule has 0 radical (unpaired) electrons. The summed E-state index contributed by atoms with van der Waals surface area (Å²) in [6, 6.07) is 12.1. The molecule has 5 aliphatic heterocycles. The molecule has 13 nitrogen and oxygen atoms in total. The number of ether oxygens (including phenoxy) is 2. The van der Waals surface area contributed by atoms with Crippen molar-refractivity contribution >= 4 is 75.2 Å². The lowest BCUT2D eigenvalue weighted by atomic mass is 9.84. The average Bonchev–Trinajstić information content (AvgIpc) is 3.63. The normalized spacial score (nSPS) is 25.8. The van der Waals surface area contributed by atoms with Crippen LogP contribution < -0.4 is 25.0 Å². The lowest BCUT2D eigenvalue weighted by Crippen LogP contribution is -2.63. The summed E-state index contributed by atoms with van der Waals surface area (Å²) in [5.74, 6) is 0.0671. The predicted octanol–water partition coefficient (Wildman–Crippen LogP) is 6.55. The van der Waals surface area contributed by atoms with E-state index in [9.17, 15) is 23.6 Å². The van der Waals surface area contributed by atoms with Gasteiger partial charge in [-0.25, -0.2) is 14.4 Å². The van der Waals surface area contributed by atoms with Crippen molar-refractivity contribution in [2.75, 3.05) is 37.0 Å². The summed E-state index contributed by atoms with van der Waals surface area (Å²) in [6.07, 6.45) is 8.33. The fraction of sp³-hybridized carbons (Fsp3) is 0.442. The average molecular weight is 845 g/mol. The Morgan fingerprint density at radius 1 is 0.983 bits per heavy atom. The third kappa shape index (κ3) is 7.60. The van der Waals surface area contributed by atoms with Gasteiger partial charge in [-0.3, -0.25) is 34.3 Å². The second kappa shape index (κ2) is 16.3. The van der Waals surface area contributed by atoms with Gasteiger partial charge in [0.1, 0.15) is 18.2 Å². The summed E-state index contributed by atoms with van der Waals surface area (Å²) in [4.78, 5) is 65.2. The smallest absolute Gasteiger partial charge is 0.243 e. The predicted molar refractivity (Wildman–Crippen MR) is 220 cm³/mol. The molecule has 4 aromatic rings. The van der Waals surface area contributed by atoms with Gasteiger partial charge in [0.15, 0.2) is 23.6 Å². The van der Waals surface area contributed by atoms with Gasteiger partial charge in [-0.1, -0.05) is 29.3 Å². The SMILES string of the molecule is COc1cc2ncnc(Nc3ccc(Cl)c(Cl)c3F)c2cc1OC1CCC(CN2CC3CCC2CN3c2ccc3c(c2)C(C(=O)C=O)N(C2CCC(=O)NC2=O)C3)CC1. The van der Waals surface area contributed by atoms with E-state index < -0.39 is 29.6 Å². The Balaban J connectivity index is 0.831. The fourth-order valence-electron chi connectivity index (χ4n) is 9.86. The van der Waals surface area contributed by atoms with E-state index >= 15 is 0 Å². The number of piperidine rings is 3. The standard InChI is InChI=1S/C43H44Cl2FN7O6/c1-58-36-16-33-30(42(48-22-47-33)49-32-11-10-31(44)39(45)40(32)46)15-37(36)59-28-8-2-23(3-9-28)17-51-19-27-7-6-26(51)20-52(27)25-5-4-24-18-53(34-12-13-38(56)50-43(34)57)41(29(24)14-25)35(55)21-54/h4-5,10-11,14-16,21-23,26-28,34,41H,2-3,6-9,12-13,17-20H2,1H3,(H,47,48,49)(H,50,56,57). The highest BCUT2D eigenvalue weighted by Crippen LogP contribution is 2.43. The molecular weight excluding hydrogens is 800 g/mol. The number of anilines is 3. The van der Waals surface area contributed by atoms with E-state index in [0.717, 1.165) is 75.0 Å². The molecule has 5 fully saturated rings. The van der Waals surface area contributed by atoms with E-state index in [1.807, 2.05) is 18.2 Å². The van der Waals surface area contributed by atoms with Crippen LogP contribution in [0.3, 0.4) is 0 Å². The molecule has 308 valence electrons. The molecule has 2 bridgehead atoms. The number of carbonyl (C=O) groups excluding carboxylic acids is 4. The second-order valence-electron chi connectivity index (χ2n) is 16.3. The van der Waals surface area contributed by atoms with Crippen molar-refractivity contribution in [3.8, 4) is 11.5 Å². The molecule has 4 atom stereocenters. The number of aromatic nitrogens is 2. The highest BCUT2D eigenvalue weighted by Gasteiger charge is 2.45. The molecular formula is C43H44Cl2FN7O6. The largest absolute Gasteiger partial charge is 0.493 e. The van der Waals surface area contributed by atoms with Gasteiger partial charge in [-0.2, -0.15) is 0 Å². The fourth-order valence-corrected chi connectivity index (χ4v) is 10.2. The quantitative estimate of drug-likeness (QED) is 0.0731. The molecule has 3 aromatic carbocycles. The number of piperazine rings is 1. The van der Waals surface area contributed by atoms with Crippen LogP contribution in [0.2, 0.25) is 10.0 Å². The molecule has 2 N–H and O–H groups in total. The lowest BCUT2D eigenvalue weighted by molar-refractivity contribution is -0.141. The van der Waals surface area contributed by atoms with Gasteiger partial charge in [-0.15, -0.1) is 0 Å². The van der Waals surface area contributed by atoms with Gasteiger partial charge in [0.2, 0.25) is 17.6 Å². The van der Waals surface area contributed by atoms with E-state index in [0.29, 0.717) is 65.5 Å². The van der Waals surface area contributed by atoms with Crippen molar-refractivity contribution in [3.05, 3.63) is 75.8 Å². The van der Waals surface area contributed by atoms with Crippen LogP contribution in [-0.4, -0.2) is 94.6 Å². The molecule has 4 unspecified atom stereocenters. The number of aldehydes is 1. The highest BCUT2D eigenvalue weighted by molar-refractivity contribution is 6.42. The molecule has 59 heavy (non-hydrogen) atoms. The molecule has 10 rings (SSSR count). The minimum absolute atomic E-state index is 0.0000908. The van der Waals surface area contributed by atoms with Crippen molar-refractivity contribution in [1.29, 1.82) is 0 Å². The van der Waals surface area contributed by atoms with E-state index in [-0.39, 0.29) is 34.2 Å². The number of imide groups is 1. The maximum absolute atomic E-state index is 14.9. The number of Topliss-reactive ketones (excluding diaryl/α,β-unsaturated/α-hetero) is 1. The van der Waals surface area contributed by atoms with Crippen LogP contribution in [0, 0.1) is 11.7 Å². The molecule has 1 aliphatic carbocycles. The molecule has 16 heteroatoms. The number of amides is 2. The molecule has 6 aliphatic rings. The Morgan fingerprint density at radius 2 is 1.80 bits per heavy atom. The van der Waals surface area contributed by atoms with E-state index in [2.05, 4.69) is 36.5 Å². The topological polar surface area (TPSA) is 146 Å². The molecule has 2 amide bonds. The number of halogens is 3. The summed E-state index contributed by atoms with van der Waals surface area (Å²) in [5.41, 5.74) is 3.47. The number of benzene rings is 3. The maximum atomic E-state index is 14.9. The van der Waals surface area contributed by atoms with Crippen LogP contribution in [0.5, 0.6) is 11.5 Å². The Morgan fingerprint density at radius 3 is 2.54 bits per heavy atom. The summed E-state index contributed by atoms with van der Waals surface area (Å²) in [6.45, 7) is 3.23. The molecule has 4 saturated heterocycles. The third-order valence-corrected chi connectivity index (χ3v) is 13.6. The molecule has 1 aromatic heterocycles. The summed E-state index contributed by atoms with van der Waals surface area (Å²) in [7, 11) is 1.59. The van der Waals surface area contributed by atoms with Gasteiger partial charge in [0.25, 0.3) is 0 Å². The molecule has 1 saturated carbocycles. The zero-order valence-corrected chi connectivity index (χ0v) is 34.0. The number of nitrogens with one attached hydrogen (secondary N) is 2. The van der Waals surface area contributed by atoms with Gasteiger partial charge < -0.3 is 19.7 Å². The number of carbonyl (C=O) groups is 4. The maximum Gasteiger partial charge on any atom is 0.243 e. The van der Waals surface area contributed by atoms with Crippen LogP contribution in [0.25, 0.3) is 10.9 Å². The number of fused-ring (bicyclic) bond motifs is 5. The van der Waals surface area contributed by atoms with Crippen molar-refractivity contribution in [2.24, 2.45) is 5.92 Å². The number of hydrogen-bond acceptors (Lipinski definition) is 12. The second-order valence-corrected chi connectivity index (χ2v) is 17.1. The Bertz CT molecular complexity index is 2340. The van der Waals surface area contributed by atoms with E-state index in [4.69, 9.17) is 32.7 Å². The number of methoxy groups -OCH3 is 1. The zero-order valence-electron chi connectivity index (χ0n) is 32.5. The summed E-state index contributed by atoms with van der Waals surface area (Å²) >= 11 is 12.1. The number of nitrogens with zero attached hydrogens (tertiary/aromatic N) is 5. The van der Waals surface area contributed by atoms with Crippen molar-refractivity contribution < 1.29 is 33.0 Å². The first-order valence-electron chi connectivity index (χ1n) is 20.2. The van der Waals surface area contributed by atoms with Gasteiger partial charge in [0.05, 0.1) is 40.5 Å². The van der Waals surface area contributed by atoms with Crippen LogP contribution in [0.1, 0.15) is 68.5 Å². The van der Waals surface area contributed by atoms with Gasteiger partial charge >= 0.3 is 0 Å². The zero-order chi connectivity index (χ0) is 40.9. The van der Waals surface area contributed by atoms with E-state index in [1.54, 1.807) is 18.1 Å². The first-order valence-corrected chi connectivity index (χ1v) is 21.0. The third-order valence-electron chi connectivity index (χ3n) is 12.9. The van der Waals surface area contributed by atoms with Gasteiger partial charge in [0, 0.05) is 61.8 Å². The Kier molecular flexibility index (Phi) is 10.9. The molecule has 6 heterocycles. The molecule has 0 spiro atoms. The monoisotopic (exact) mass is 843 g/mol. The summed E-state index contributed by atoms with van der Waals surface area (Å²) < 4.78 is 27.2. The Labute approximate surface area is 350 Å². The highest BCUT2D eigenvalue weighted by atomic mass is 35.5. The van der Waals surface area contributed by atoms with Crippen LogP contribution in [0.15, 0.2) is 48.8 Å². The minimum atomic E-state index is -0.846. The first-order chi connectivity index (χ1) is 28.6. The number of rotatable bonds is 11. The summed E-state index contributed by atoms with van der Waals surface area (Å²) in [5, 5.41) is 6.01. The van der Waals surface area contributed by atoms with Crippen molar-refractivity contribution in [3.63, 3.8) is 0 Å².